The van der Waals surface area contributed by atoms with E-state index in [1.807, 2.05) is 0 Å². The number of aliphatic hydroxyl groups is 1. The van der Waals surface area contributed by atoms with Gasteiger partial charge in [-0.05, 0) is 135 Å². The quantitative estimate of drug-likeness (QED) is 0.0169. The normalized spacial score (nSPS) is 14.5. The molecule has 0 aromatic carbocycles. The molecule has 0 aromatic heterocycles. The Morgan fingerprint density at radius 2 is 0.573 bits per heavy atom. The van der Waals surface area contributed by atoms with Crippen molar-refractivity contribution in [2.45, 2.75) is 329 Å². The Morgan fingerprint density at radius 3 is 0.917 bits per heavy atom. The summed E-state index contributed by atoms with van der Waals surface area (Å²) < 4.78 is 68.3. The first-order valence-electron chi connectivity index (χ1n) is 37.5. The maximum absolute atomic E-state index is 13.0. The van der Waals surface area contributed by atoms with Crippen molar-refractivity contribution in [2.75, 3.05) is 39.6 Å². The summed E-state index contributed by atoms with van der Waals surface area (Å²) in [6, 6.07) is 0. The molecule has 5 unspecified atom stereocenters. The lowest BCUT2D eigenvalue weighted by atomic mass is 10.1. The van der Waals surface area contributed by atoms with E-state index in [0.717, 1.165) is 193 Å². The summed E-state index contributed by atoms with van der Waals surface area (Å²) in [5.74, 6) is -2.22. The van der Waals surface area contributed by atoms with E-state index in [1.54, 1.807) is 0 Å². The zero-order valence-corrected chi connectivity index (χ0v) is 62.1. The molecule has 17 nitrogen and oxygen atoms in total. The Balaban J connectivity index is 5.31. The van der Waals surface area contributed by atoms with Crippen LogP contribution in [0.5, 0.6) is 0 Å². The van der Waals surface area contributed by atoms with E-state index in [9.17, 15) is 43.2 Å². The van der Waals surface area contributed by atoms with Crippen LogP contribution in [0.2, 0.25) is 0 Å². The largest absolute Gasteiger partial charge is 0.472 e. The van der Waals surface area contributed by atoms with Gasteiger partial charge in [-0.3, -0.25) is 37.3 Å². The molecule has 0 radical (unpaired) electrons. The van der Waals surface area contributed by atoms with Gasteiger partial charge in [0, 0.05) is 25.7 Å². The van der Waals surface area contributed by atoms with Crippen molar-refractivity contribution in [1.82, 2.24) is 0 Å². The molecule has 0 heterocycles. The Bertz CT molecular complexity index is 2200. The van der Waals surface area contributed by atoms with Gasteiger partial charge in [-0.1, -0.05) is 247 Å². The molecule has 0 aliphatic heterocycles. The molecule has 96 heavy (non-hydrogen) atoms. The molecule has 554 valence electrons. The number of ether oxygens (including phenoxy) is 4. The average Bonchev–Trinajstić information content (AvgIpc) is 1.11. The van der Waals surface area contributed by atoms with Crippen LogP contribution in [0.4, 0.5) is 0 Å². The van der Waals surface area contributed by atoms with Gasteiger partial charge in [0.15, 0.2) is 12.2 Å². The third-order valence-corrected chi connectivity index (χ3v) is 17.4. The Hall–Kier alpha value is -4.02. The summed E-state index contributed by atoms with van der Waals surface area (Å²) in [6.45, 7) is 4.60. The first-order chi connectivity index (χ1) is 46.7. The van der Waals surface area contributed by atoms with E-state index >= 15 is 0 Å². The summed E-state index contributed by atoms with van der Waals surface area (Å²) >= 11 is 0. The van der Waals surface area contributed by atoms with E-state index in [1.165, 1.54) is 38.5 Å². The molecular formula is C77H134O17P2. The number of phosphoric acid groups is 2. The van der Waals surface area contributed by atoms with Crippen LogP contribution in [0, 0.1) is 0 Å². The van der Waals surface area contributed by atoms with Gasteiger partial charge in [0.25, 0.3) is 0 Å². The second-order valence-electron chi connectivity index (χ2n) is 24.8. The van der Waals surface area contributed by atoms with E-state index in [0.29, 0.717) is 25.7 Å². The topological polar surface area (TPSA) is 237 Å². The Morgan fingerprint density at radius 1 is 0.302 bits per heavy atom. The third-order valence-electron chi connectivity index (χ3n) is 15.5. The molecule has 0 aliphatic rings. The highest BCUT2D eigenvalue weighted by Gasteiger charge is 2.30. The number of esters is 4. The first-order valence-corrected chi connectivity index (χ1v) is 40.5. The molecular weight excluding hydrogens is 1260 g/mol. The molecule has 0 aliphatic carbocycles. The Kier molecular flexibility index (Phi) is 66.6. The van der Waals surface area contributed by atoms with E-state index < -0.39 is 97.5 Å². The van der Waals surface area contributed by atoms with Crippen molar-refractivity contribution in [3.8, 4) is 0 Å². The lowest BCUT2D eigenvalue weighted by Gasteiger charge is -2.21. The monoisotopic (exact) mass is 1390 g/mol. The summed E-state index contributed by atoms with van der Waals surface area (Å²) in [7, 11) is -9.95. The highest BCUT2D eigenvalue weighted by atomic mass is 31.2. The van der Waals surface area contributed by atoms with Crippen LogP contribution in [0.15, 0.2) is 97.2 Å². The number of hydrogen-bond acceptors (Lipinski definition) is 15. The highest BCUT2D eigenvalue weighted by molar-refractivity contribution is 7.47. The predicted octanol–water partition coefficient (Wildman–Crippen LogP) is 21.2. The number of hydrogen-bond donors (Lipinski definition) is 3. The predicted molar refractivity (Wildman–Crippen MR) is 390 cm³/mol. The molecule has 5 atom stereocenters. The van der Waals surface area contributed by atoms with E-state index in [4.69, 9.17) is 37.0 Å². The lowest BCUT2D eigenvalue weighted by molar-refractivity contribution is -0.161. The zero-order valence-electron chi connectivity index (χ0n) is 60.3. The standard InChI is InChI=1S/C77H134O17P2/c1-5-9-13-17-21-25-29-32-33-34-35-36-37-40-43-46-50-54-58-62-75(80)88-67-72(93-76(81)63-59-55-51-47-41-28-24-20-16-12-8-4)69-91-95(83,84)89-65-71(78)66-90-96(85,86)92-70-73(94-77(82)64-60-56-52-48-44-39-31-27-23-19-15-11-7-3)68-87-74(79)61-57-53-49-45-42-38-30-26-22-18-14-10-6-2/h9,13-14,18,20-21,24-27,30-33,35-36,71-73,78H,5-8,10-12,15-17,19,22-23,28-29,34,37-70H2,1-4H3,(H,83,84)(H,85,86)/b13-9-,18-14-,24-20-,25-21-,30-26-,31-27-,33-32-,36-35-. The fourth-order valence-electron chi connectivity index (χ4n) is 9.75. The van der Waals surface area contributed by atoms with Gasteiger partial charge in [0.05, 0.1) is 26.4 Å². The number of unbranched alkanes of at least 4 members (excludes halogenated alkanes) is 28. The van der Waals surface area contributed by atoms with Crippen LogP contribution in [0.25, 0.3) is 0 Å². The maximum Gasteiger partial charge on any atom is 0.472 e. The molecule has 0 aromatic rings. The Labute approximate surface area is 582 Å². The van der Waals surface area contributed by atoms with E-state index in [2.05, 4.69) is 125 Å². The average molecular weight is 1390 g/mol. The van der Waals surface area contributed by atoms with E-state index in [-0.39, 0.29) is 25.7 Å². The first kappa shape index (κ1) is 92.0. The second-order valence-corrected chi connectivity index (χ2v) is 27.8. The van der Waals surface area contributed by atoms with Gasteiger partial charge in [0.2, 0.25) is 0 Å². The van der Waals surface area contributed by atoms with Crippen LogP contribution in [-0.2, 0) is 65.4 Å². The molecule has 19 heteroatoms. The molecule has 0 saturated carbocycles. The zero-order chi connectivity index (χ0) is 70.4. The molecule has 0 fully saturated rings. The van der Waals surface area contributed by atoms with Gasteiger partial charge in [-0.2, -0.15) is 0 Å². The number of allylic oxidation sites excluding steroid dienone is 16. The third kappa shape index (κ3) is 68.5. The minimum atomic E-state index is -4.98. The van der Waals surface area contributed by atoms with Crippen molar-refractivity contribution in [3.05, 3.63) is 97.2 Å². The molecule has 0 rings (SSSR count). The minimum absolute atomic E-state index is 0.0806. The number of carbonyl (C=O) groups is 4. The number of aliphatic hydroxyl groups excluding tert-OH is 1. The second kappa shape index (κ2) is 69.5. The van der Waals surface area contributed by atoms with Crippen LogP contribution < -0.4 is 0 Å². The highest BCUT2D eigenvalue weighted by Crippen LogP contribution is 2.45. The van der Waals surface area contributed by atoms with Crippen molar-refractivity contribution in [1.29, 1.82) is 0 Å². The van der Waals surface area contributed by atoms with Crippen molar-refractivity contribution < 1.29 is 80.2 Å². The molecule has 0 spiro atoms. The number of carbonyl (C=O) groups excluding carboxylic acids is 4. The van der Waals surface area contributed by atoms with Crippen molar-refractivity contribution in [2.24, 2.45) is 0 Å². The summed E-state index contributed by atoms with van der Waals surface area (Å²) in [6.07, 6.45) is 71.2. The lowest BCUT2D eigenvalue weighted by Crippen LogP contribution is -2.30. The van der Waals surface area contributed by atoms with Crippen molar-refractivity contribution >= 4 is 39.5 Å². The van der Waals surface area contributed by atoms with Gasteiger partial charge in [-0.25, -0.2) is 9.13 Å². The van der Waals surface area contributed by atoms with Crippen LogP contribution in [-0.4, -0.2) is 96.7 Å². The summed E-state index contributed by atoms with van der Waals surface area (Å²) in [5, 5.41) is 10.6. The molecule has 0 bridgehead atoms. The minimum Gasteiger partial charge on any atom is -0.462 e. The van der Waals surface area contributed by atoms with Gasteiger partial charge in [-0.15, -0.1) is 0 Å². The van der Waals surface area contributed by atoms with Crippen LogP contribution in [0.3, 0.4) is 0 Å². The molecule has 0 amide bonds. The fraction of sp³-hybridized carbons (Fsp3) is 0.740. The maximum atomic E-state index is 13.0. The summed E-state index contributed by atoms with van der Waals surface area (Å²) in [5.41, 5.74) is 0. The number of phosphoric ester groups is 2. The fourth-order valence-corrected chi connectivity index (χ4v) is 11.3. The molecule has 0 saturated heterocycles. The van der Waals surface area contributed by atoms with Gasteiger partial charge < -0.3 is 33.8 Å². The SMILES string of the molecule is CC/C=C\C/C=C\C/C=C\C/C=C\CCCCCCCCC(=O)OCC(COP(=O)(O)OCC(O)COP(=O)(O)OCC(COC(=O)CCCCCCC/C=C\C/C=C\CCC)OC(=O)CCCCCCC/C=C\CCCCCC)OC(=O)CCCCCCC/C=C\CCCC. The smallest absolute Gasteiger partial charge is 0.462 e. The van der Waals surface area contributed by atoms with Gasteiger partial charge in [0.1, 0.15) is 19.3 Å². The van der Waals surface area contributed by atoms with Gasteiger partial charge >= 0.3 is 39.5 Å². The summed E-state index contributed by atoms with van der Waals surface area (Å²) in [4.78, 5) is 72.7. The van der Waals surface area contributed by atoms with Crippen molar-refractivity contribution in [3.63, 3.8) is 0 Å². The van der Waals surface area contributed by atoms with Crippen LogP contribution >= 0.6 is 15.6 Å². The number of rotatable bonds is 70. The van der Waals surface area contributed by atoms with Crippen LogP contribution in [0.1, 0.15) is 310 Å². The molecule has 3 N–H and O–H groups in total.